The lowest BCUT2D eigenvalue weighted by atomic mass is 9.96. The minimum absolute atomic E-state index is 0.374. The Hall–Kier alpha value is -1.07. The van der Waals surface area contributed by atoms with Gasteiger partial charge >= 0.3 is 5.97 Å². The summed E-state index contributed by atoms with van der Waals surface area (Å²) in [5, 5.41) is 9.08. The number of benzene rings is 1. The first-order valence-corrected chi connectivity index (χ1v) is 6.13. The second-order valence-corrected chi connectivity index (χ2v) is 4.63. The van der Waals surface area contributed by atoms with E-state index in [4.69, 9.17) is 15.6 Å². The van der Waals surface area contributed by atoms with Gasteiger partial charge in [-0.15, -0.1) is 0 Å². The quantitative estimate of drug-likeness (QED) is 0.843. The number of nitrogens with two attached hydrogens (primary N) is 1. The molecule has 0 heterocycles. The first-order valence-electron chi connectivity index (χ1n) is 5.33. The van der Waals surface area contributed by atoms with Gasteiger partial charge in [0, 0.05) is 4.47 Å². The van der Waals surface area contributed by atoms with Gasteiger partial charge in [-0.1, -0.05) is 15.9 Å². The third-order valence-electron chi connectivity index (χ3n) is 2.58. The highest BCUT2D eigenvalue weighted by atomic mass is 79.9. The number of carboxylic acids is 1. The summed E-state index contributed by atoms with van der Waals surface area (Å²) in [6, 6.07) is 5.53. The number of methoxy groups -OCH3 is 1. The number of carbonyl (C=O) groups is 1. The van der Waals surface area contributed by atoms with Crippen LogP contribution in [0, 0.1) is 5.92 Å². The summed E-state index contributed by atoms with van der Waals surface area (Å²) in [5.74, 6) is -0.548. The molecule has 1 unspecified atom stereocenters. The smallest absolute Gasteiger partial charge is 0.306 e. The molecule has 0 amide bonds. The van der Waals surface area contributed by atoms with E-state index in [9.17, 15) is 4.79 Å². The number of rotatable bonds is 6. The molecule has 0 fully saturated rings. The number of halogens is 1. The molecular formula is C12H16BrNO3. The van der Waals surface area contributed by atoms with Crippen molar-refractivity contribution in [2.45, 2.75) is 12.8 Å². The SMILES string of the molecule is COc1ccc(Br)c(CC(CCN)C(=O)O)c1. The Bertz CT molecular complexity index is 395. The van der Waals surface area contributed by atoms with Crippen molar-refractivity contribution < 1.29 is 14.6 Å². The Morgan fingerprint density at radius 3 is 2.82 bits per heavy atom. The van der Waals surface area contributed by atoms with Gasteiger partial charge in [0.2, 0.25) is 0 Å². The second-order valence-electron chi connectivity index (χ2n) is 3.77. The van der Waals surface area contributed by atoms with Crippen LogP contribution in [0.5, 0.6) is 5.75 Å². The van der Waals surface area contributed by atoms with Gasteiger partial charge in [-0.25, -0.2) is 0 Å². The van der Waals surface area contributed by atoms with Crippen molar-refractivity contribution >= 4 is 21.9 Å². The number of carboxylic acid groups (broad SMARTS) is 1. The molecule has 0 aliphatic heterocycles. The summed E-state index contributed by atoms with van der Waals surface area (Å²) in [4.78, 5) is 11.1. The minimum Gasteiger partial charge on any atom is -0.497 e. The van der Waals surface area contributed by atoms with Crippen molar-refractivity contribution in [3.63, 3.8) is 0 Å². The molecule has 0 saturated heterocycles. The molecule has 3 N–H and O–H groups in total. The highest BCUT2D eigenvalue weighted by Crippen LogP contribution is 2.25. The predicted molar refractivity (Wildman–Crippen MR) is 69.2 cm³/mol. The van der Waals surface area contributed by atoms with Gasteiger partial charge in [0.05, 0.1) is 13.0 Å². The molecule has 17 heavy (non-hydrogen) atoms. The molecule has 0 bridgehead atoms. The lowest BCUT2D eigenvalue weighted by Crippen LogP contribution is -2.20. The Morgan fingerprint density at radius 1 is 1.59 bits per heavy atom. The van der Waals surface area contributed by atoms with Crippen molar-refractivity contribution in [1.82, 2.24) is 0 Å². The lowest BCUT2D eigenvalue weighted by Gasteiger charge is -2.13. The third kappa shape index (κ3) is 4.02. The van der Waals surface area contributed by atoms with E-state index in [1.165, 1.54) is 0 Å². The largest absolute Gasteiger partial charge is 0.497 e. The molecule has 0 radical (unpaired) electrons. The van der Waals surface area contributed by atoms with Gasteiger partial charge in [-0.3, -0.25) is 4.79 Å². The molecule has 4 nitrogen and oxygen atoms in total. The van der Waals surface area contributed by atoms with E-state index in [0.717, 1.165) is 15.8 Å². The van der Waals surface area contributed by atoms with Crippen LogP contribution in [0.3, 0.4) is 0 Å². The van der Waals surface area contributed by atoms with Crippen LogP contribution >= 0.6 is 15.9 Å². The molecule has 1 rings (SSSR count). The molecule has 0 spiro atoms. The standard InChI is InChI=1S/C12H16BrNO3/c1-17-10-2-3-11(13)9(7-10)6-8(4-5-14)12(15)16/h2-3,7-8H,4-6,14H2,1H3,(H,15,16). The van der Waals surface area contributed by atoms with Crippen LogP contribution in [0.1, 0.15) is 12.0 Å². The minimum atomic E-state index is -0.815. The summed E-state index contributed by atoms with van der Waals surface area (Å²) >= 11 is 3.41. The first kappa shape index (κ1) is 14.0. The van der Waals surface area contributed by atoms with Crippen molar-refractivity contribution in [2.75, 3.05) is 13.7 Å². The van der Waals surface area contributed by atoms with Gasteiger partial charge < -0.3 is 15.6 Å². The first-order chi connectivity index (χ1) is 8.08. The summed E-state index contributed by atoms with van der Waals surface area (Å²) in [6.45, 7) is 0.374. The number of ether oxygens (including phenoxy) is 1. The number of hydrogen-bond donors (Lipinski definition) is 2. The van der Waals surface area contributed by atoms with Crippen LogP contribution in [0.4, 0.5) is 0 Å². The predicted octanol–water partition coefficient (Wildman–Crippen LogP) is 2.05. The van der Waals surface area contributed by atoms with E-state index in [1.807, 2.05) is 18.2 Å². The molecule has 0 saturated carbocycles. The second kappa shape index (κ2) is 6.61. The maximum Gasteiger partial charge on any atom is 0.306 e. The molecule has 1 aromatic carbocycles. The van der Waals surface area contributed by atoms with Gasteiger partial charge in [-0.05, 0) is 43.1 Å². The Labute approximate surface area is 109 Å². The highest BCUT2D eigenvalue weighted by Gasteiger charge is 2.18. The van der Waals surface area contributed by atoms with E-state index in [0.29, 0.717) is 19.4 Å². The van der Waals surface area contributed by atoms with Crippen LogP contribution in [-0.4, -0.2) is 24.7 Å². The molecule has 0 aromatic heterocycles. The van der Waals surface area contributed by atoms with Gasteiger partial charge in [0.15, 0.2) is 0 Å². The molecule has 94 valence electrons. The maximum absolute atomic E-state index is 11.1. The zero-order valence-electron chi connectivity index (χ0n) is 9.65. The average Bonchev–Trinajstić information content (AvgIpc) is 2.31. The van der Waals surface area contributed by atoms with E-state index in [-0.39, 0.29) is 0 Å². The average molecular weight is 302 g/mol. The summed E-state index contributed by atoms with van der Waals surface area (Å²) in [6.07, 6.45) is 0.920. The Morgan fingerprint density at radius 2 is 2.29 bits per heavy atom. The van der Waals surface area contributed by atoms with Crippen LogP contribution in [0.15, 0.2) is 22.7 Å². The molecular weight excluding hydrogens is 286 g/mol. The van der Waals surface area contributed by atoms with Crippen molar-refractivity contribution in [2.24, 2.45) is 11.7 Å². The van der Waals surface area contributed by atoms with Crippen LogP contribution in [0.25, 0.3) is 0 Å². The Balaban J connectivity index is 2.87. The van der Waals surface area contributed by atoms with Crippen molar-refractivity contribution in [1.29, 1.82) is 0 Å². The van der Waals surface area contributed by atoms with Crippen molar-refractivity contribution in [3.8, 4) is 5.75 Å². The lowest BCUT2D eigenvalue weighted by molar-refractivity contribution is -0.141. The summed E-state index contributed by atoms with van der Waals surface area (Å²) in [7, 11) is 1.58. The zero-order chi connectivity index (χ0) is 12.8. The van der Waals surface area contributed by atoms with Gasteiger partial charge in [0.25, 0.3) is 0 Å². The normalized spacial score (nSPS) is 12.2. The van der Waals surface area contributed by atoms with Gasteiger partial charge in [-0.2, -0.15) is 0 Å². The fraction of sp³-hybridized carbons (Fsp3) is 0.417. The molecule has 1 aromatic rings. The van der Waals surface area contributed by atoms with E-state index in [1.54, 1.807) is 7.11 Å². The number of aliphatic carboxylic acids is 1. The fourth-order valence-electron chi connectivity index (χ4n) is 1.61. The van der Waals surface area contributed by atoms with Crippen LogP contribution in [0.2, 0.25) is 0 Å². The third-order valence-corrected chi connectivity index (χ3v) is 3.36. The number of hydrogen-bond acceptors (Lipinski definition) is 3. The zero-order valence-corrected chi connectivity index (χ0v) is 11.2. The van der Waals surface area contributed by atoms with Crippen molar-refractivity contribution in [3.05, 3.63) is 28.2 Å². The van der Waals surface area contributed by atoms with Crippen LogP contribution in [-0.2, 0) is 11.2 Å². The molecule has 1 atom stereocenters. The summed E-state index contributed by atoms with van der Waals surface area (Å²) < 4.78 is 6.01. The molecule has 0 aliphatic carbocycles. The Kier molecular flexibility index (Phi) is 5.44. The molecule has 0 aliphatic rings. The highest BCUT2D eigenvalue weighted by molar-refractivity contribution is 9.10. The van der Waals surface area contributed by atoms with E-state index < -0.39 is 11.9 Å². The van der Waals surface area contributed by atoms with Gasteiger partial charge in [0.1, 0.15) is 5.75 Å². The fourth-order valence-corrected chi connectivity index (χ4v) is 2.02. The van der Waals surface area contributed by atoms with E-state index >= 15 is 0 Å². The maximum atomic E-state index is 11.1. The summed E-state index contributed by atoms with van der Waals surface area (Å²) in [5.41, 5.74) is 6.34. The van der Waals surface area contributed by atoms with Crippen LogP contribution < -0.4 is 10.5 Å². The molecule has 5 heteroatoms. The topological polar surface area (TPSA) is 72.5 Å². The van der Waals surface area contributed by atoms with E-state index in [2.05, 4.69) is 15.9 Å². The monoisotopic (exact) mass is 301 g/mol.